The van der Waals surface area contributed by atoms with Crippen LogP contribution >= 0.6 is 28.7 Å². The molecule has 0 saturated heterocycles. The summed E-state index contributed by atoms with van der Waals surface area (Å²) in [6.07, 6.45) is 0.647. The largest absolute Gasteiger partial charge is 0.369 e. The highest BCUT2D eigenvalue weighted by molar-refractivity contribution is 8.93. The van der Waals surface area contributed by atoms with Crippen LogP contribution in [0.15, 0.2) is 4.99 Å². The number of hydrogen-bond acceptors (Lipinski definition) is 4. The van der Waals surface area contributed by atoms with Crippen LogP contribution in [0.2, 0.25) is 0 Å². The molecule has 0 amide bonds. The zero-order chi connectivity index (χ0) is 10.1. The highest BCUT2D eigenvalue weighted by Gasteiger charge is 2.35. The van der Waals surface area contributed by atoms with Crippen LogP contribution in [-0.2, 0) is 0 Å². The van der Waals surface area contributed by atoms with E-state index < -0.39 is 5.72 Å². The number of nitrogens with one attached hydrogen (secondary N) is 1. The summed E-state index contributed by atoms with van der Waals surface area (Å²) in [5, 5.41) is 14.0. The van der Waals surface area contributed by atoms with Gasteiger partial charge in [-0.2, -0.15) is 0 Å². The lowest BCUT2D eigenvalue weighted by atomic mass is 9.93. The molecule has 0 spiro atoms. The van der Waals surface area contributed by atoms with Crippen molar-refractivity contribution in [1.82, 2.24) is 5.32 Å². The van der Waals surface area contributed by atoms with Gasteiger partial charge in [0.15, 0.2) is 10.9 Å². The van der Waals surface area contributed by atoms with Gasteiger partial charge >= 0.3 is 0 Å². The van der Waals surface area contributed by atoms with Crippen molar-refractivity contribution in [3.8, 4) is 0 Å². The molecule has 0 aromatic heterocycles. The topological polar surface area (TPSA) is 44.6 Å². The molecule has 1 atom stereocenters. The maximum absolute atomic E-state index is 9.87. The van der Waals surface area contributed by atoms with Crippen molar-refractivity contribution < 1.29 is 5.11 Å². The molecule has 1 heterocycles. The van der Waals surface area contributed by atoms with Gasteiger partial charge in [0.1, 0.15) is 0 Å². The molecule has 0 fully saturated rings. The maximum atomic E-state index is 9.87. The van der Waals surface area contributed by atoms with Crippen molar-refractivity contribution in [2.24, 2.45) is 4.99 Å². The molecule has 2 N–H and O–H groups in total. The molecular weight excluding hydrogens is 264 g/mol. The second-order valence-corrected chi connectivity index (χ2v) is 5.51. The Morgan fingerprint density at radius 1 is 1.50 bits per heavy atom. The average molecular weight is 283 g/mol. The molecule has 1 unspecified atom stereocenters. The first-order valence-electron chi connectivity index (χ1n) is 4.58. The molecule has 0 saturated carbocycles. The van der Waals surface area contributed by atoms with Gasteiger partial charge in [0.2, 0.25) is 0 Å². The molecule has 1 rings (SSSR count). The molecule has 1 aliphatic heterocycles. The van der Waals surface area contributed by atoms with Crippen LogP contribution in [0.1, 0.15) is 34.1 Å². The Bertz CT molecular complexity index is 229. The maximum Gasteiger partial charge on any atom is 0.159 e. The first kappa shape index (κ1) is 14.3. The lowest BCUT2D eigenvalue weighted by Crippen LogP contribution is -2.52. The average Bonchev–Trinajstić information content (AvgIpc) is 1.78. The summed E-state index contributed by atoms with van der Waals surface area (Å²) in [5.41, 5.74) is -0.977. The van der Waals surface area contributed by atoms with Crippen LogP contribution in [-0.4, -0.2) is 27.3 Å². The molecule has 3 nitrogen and oxygen atoms in total. The molecule has 5 heteroatoms. The Hall–Kier alpha value is 0.260. The van der Waals surface area contributed by atoms with E-state index >= 15 is 0 Å². The molecule has 14 heavy (non-hydrogen) atoms. The number of nitrogens with zero attached hydrogens (tertiary/aromatic N) is 1. The summed E-state index contributed by atoms with van der Waals surface area (Å²) in [6, 6.07) is 0. The van der Waals surface area contributed by atoms with Gasteiger partial charge in [0, 0.05) is 12.0 Å². The van der Waals surface area contributed by atoms with Gasteiger partial charge in [0.25, 0.3) is 0 Å². The zero-order valence-electron chi connectivity index (χ0n) is 9.13. The number of hydrogen-bond donors (Lipinski definition) is 2. The van der Waals surface area contributed by atoms with Gasteiger partial charge in [-0.15, -0.1) is 17.0 Å². The van der Waals surface area contributed by atoms with Gasteiger partial charge in [-0.05, 0) is 26.5 Å². The summed E-state index contributed by atoms with van der Waals surface area (Å²) in [4.78, 5) is 4.22. The first-order chi connectivity index (χ1) is 5.85. The fourth-order valence-electron chi connectivity index (χ4n) is 1.66. The minimum Gasteiger partial charge on any atom is -0.369 e. The molecule has 0 aromatic rings. The summed E-state index contributed by atoms with van der Waals surface area (Å²) in [6.45, 7) is 7.98. The van der Waals surface area contributed by atoms with Crippen LogP contribution in [0.3, 0.4) is 0 Å². The van der Waals surface area contributed by atoms with Crippen LogP contribution in [0.4, 0.5) is 0 Å². The number of halogens is 1. The number of aliphatic imine (C=N–C) groups is 1. The Morgan fingerprint density at radius 3 is 2.50 bits per heavy atom. The fourth-order valence-corrected chi connectivity index (χ4v) is 2.55. The summed E-state index contributed by atoms with van der Waals surface area (Å²) >= 11 is 1.64. The van der Waals surface area contributed by atoms with Crippen molar-refractivity contribution in [3.63, 3.8) is 0 Å². The molecule has 0 bridgehead atoms. The second-order valence-electron chi connectivity index (χ2n) is 4.25. The van der Waals surface area contributed by atoms with Gasteiger partial charge in [-0.25, -0.2) is 4.99 Å². The lowest BCUT2D eigenvalue weighted by molar-refractivity contribution is 0.0309. The van der Waals surface area contributed by atoms with E-state index in [4.69, 9.17) is 0 Å². The third-order valence-corrected chi connectivity index (χ3v) is 2.60. The monoisotopic (exact) mass is 282 g/mol. The summed E-state index contributed by atoms with van der Waals surface area (Å²) in [5.74, 6) is 0.970. The molecule has 84 valence electrons. The van der Waals surface area contributed by atoms with E-state index in [0.717, 1.165) is 10.9 Å². The van der Waals surface area contributed by atoms with Gasteiger partial charge in [-0.3, -0.25) is 0 Å². The van der Waals surface area contributed by atoms with Crippen molar-refractivity contribution in [2.75, 3.05) is 5.75 Å². The lowest BCUT2D eigenvalue weighted by Gasteiger charge is -2.38. The van der Waals surface area contributed by atoms with E-state index in [1.54, 1.807) is 18.7 Å². The predicted octanol–water partition coefficient (Wildman–Crippen LogP) is 2.15. The quantitative estimate of drug-likeness (QED) is 0.775. The third kappa shape index (κ3) is 4.19. The van der Waals surface area contributed by atoms with E-state index in [-0.39, 0.29) is 22.5 Å². The van der Waals surface area contributed by atoms with Crippen molar-refractivity contribution in [1.29, 1.82) is 0 Å². The molecular formula is C9H19BrN2OS. The smallest absolute Gasteiger partial charge is 0.159 e. The highest BCUT2D eigenvalue weighted by atomic mass is 79.9. The van der Waals surface area contributed by atoms with Crippen LogP contribution < -0.4 is 5.32 Å². The first-order valence-corrected chi connectivity index (χ1v) is 5.56. The summed E-state index contributed by atoms with van der Waals surface area (Å²) in [7, 11) is 0. The third-order valence-electron chi connectivity index (χ3n) is 1.85. The number of rotatable bonds is 1. The zero-order valence-corrected chi connectivity index (χ0v) is 11.7. The predicted molar refractivity (Wildman–Crippen MR) is 68.3 cm³/mol. The van der Waals surface area contributed by atoms with Gasteiger partial charge in [-0.1, -0.05) is 18.7 Å². The van der Waals surface area contributed by atoms with Crippen LogP contribution in [0.5, 0.6) is 0 Å². The van der Waals surface area contributed by atoms with Gasteiger partial charge in [0.05, 0.1) is 0 Å². The normalized spacial score (nSPS) is 29.9. The number of thioether (sulfide) groups is 1. The fraction of sp³-hybridized carbons (Fsp3) is 0.889. The van der Waals surface area contributed by atoms with Gasteiger partial charge < -0.3 is 10.4 Å². The van der Waals surface area contributed by atoms with E-state index in [1.807, 2.05) is 0 Å². The Balaban J connectivity index is 0.00000169. The Kier molecular flexibility index (Phi) is 4.95. The number of amidine groups is 1. The molecule has 0 aromatic carbocycles. The SMILES string of the molecule is Br.CCSC1=NC(C)(O)CC(C)(C)N1. The summed E-state index contributed by atoms with van der Waals surface area (Å²) < 4.78 is 0. The van der Waals surface area contributed by atoms with E-state index in [2.05, 4.69) is 31.1 Å². The Labute approximate surface area is 101 Å². The Morgan fingerprint density at radius 2 is 2.07 bits per heavy atom. The highest BCUT2D eigenvalue weighted by Crippen LogP contribution is 2.27. The molecule has 0 aliphatic carbocycles. The van der Waals surface area contributed by atoms with E-state index in [9.17, 15) is 5.11 Å². The van der Waals surface area contributed by atoms with Crippen LogP contribution in [0.25, 0.3) is 0 Å². The van der Waals surface area contributed by atoms with Crippen molar-refractivity contribution in [2.45, 2.75) is 45.4 Å². The minimum atomic E-state index is -0.910. The van der Waals surface area contributed by atoms with Crippen molar-refractivity contribution >= 4 is 33.9 Å². The van der Waals surface area contributed by atoms with E-state index in [1.165, 1.54) is 0 Å². The standard InChI is InChI=1S/C9H18N2OS.BrH/c1-5-13-7-10-8(2,3)6-9(4,12)11-7;/h12H,5-6H2,1-4H3,(H,10,11);1H. The van der Waals surface area contributed by atoms with E-state index in [0.29, 0.717) is 6.42 Å². The number of aliphatic hydroxyl groups is 1. The second kappa shape index (κ2) is 4.86. The molecule has 1 aliphatic rings. The molecule has 0 radical (unpaired) electrons. The minimum absolute atomic E-state index is 0. The van der Waals surface area contributed by atoms with Crippen molar-refractivity contribution in [3.05, 3.63) is 0 Å². The van der Waals surface area contributed by atoms with Crippen LogP contribution in [0, 0.1) is 0 Å².